The van der Waals surface area contributed by atoms with Gasteiger partial charge >= 0.3 is 0 Å². The highest BCUT2D eigenvalue weighted by atomic mass is 79.9. The van der Waals surface area contributed by atoms with Crippen LogP contribution in [0.25, 0.3) is 0 Å². The summed E-state index contributed by atoms with van der Waals surface area (Å²) >= 11 is 9.11. The number of amides is 1. The maximum atomic E-state index is 13.9. The van der Waals surface area contributed by atoms with Gasteiger partial charge in [-0.3, -0.25) is 4.79 Å². The van der Waals surface area contributed by atoms with Crippen LogP contribution >= 0.6 is 27.5 Å². The summed E-state index contributed by atoms with van der Waals surface area (Å²) in [6.45, 7) is 0. The molecule has 0 heterocycles. The molecule has 0 saturated heterocycles. The predicted octanol–water partition coefficient (Wildman–Crippen LogP) is 4.91. The number of nitrogens with one attached hydrogen (secondary N) is 1. The summed E-state index contributed by atoms with van der Waals surface area (Å²) < 4.78 is 14.8. The van der Waals surface area contributed by atoms with Gasteiger partial charge in [0.1, 0.15) is 0 Å². The SMILES string of the molecule is O=C(Nc1cccc(Cl)c1F)C1(c2ccc(Br)cc2)CC1. The first-order valence-corrected chi connectivity index (χ1v) is 7.71. The van der Waals surface area contributed by atoms with Gasteiger partial charge in [-0.15, -0.1) is 0 Å². The van der Waals surface area contributed by atoms with Gasteiger partial charge in [0, 0.05) is 4.47 Å². The number of carbonyl (C=O) groups is 1. The van der Waals surface area contributed by atoms with E-state index in [1.165, 1.54) is 12.1 Å². The number of benzene rings is 2. The van der Waals surface area contributed by atoms with Crippen LogP contribution in [0.3, 0.4) is 0 Å². The Morgan fingerprint density at radius 3 is 2.48 bits per heavy atom. The average molecular weight is 369 g/mol. The minimum atomic E-state index is -0.598. The summed E-state index contributed by atoms with van der Waals surface area (Å²) in [5.74, 6) is -0.787. The summed E-state index contributed by atoms with van der Waals surface area (Å²) in [7, 11) is 0. The Morgan fingerprint density at radius 2 is 1.86 bits per heavy atom. The highest BCUT2D eigenvalue weighted by molar-refractivity contribution is 9.10. The number of hydrogen-bond acceptors (Lipinski definition) is 1. The van der Waals surface area contributed by atoms with Gasteiger partial charge in [0.25, 0.3) is 0 Å². The van der Waals surface area contributed by atoms with Gasteiger partial charge in [-0.05, 0) is 42.7 Å². The van der Waals surface area contributed by atoms with Crippen LogP contribution in [0.5, 0.6) is 0 Å². The topological polar surface area (TPSA) is 29.1 Å². The first-order chi connectivity index (χ1) is 10.0. The molecule has 1 aliphatic carbocycles. The maximum absolute atomic E-state index is 13.9. The summed E-state index contributed by atoms with van der Waals surface area (Å²) in [5.41, 5.74) is 0.525. The number of hydrogen-bond donors (Lipinski definition) is 1. The third-order valence-electron chi connectivity index (χ3n) is 3.78. The Kier molecular flexibility index (Phi) is 3.76. The molecule has 2 aromatic rings. The predicted molar refractivity (Wildman–Crippen MR) is 85.1 cm³/mol. The molecule has 0 spiro atoms. The smallest absolute Gasteiger partial charge is 0.235 e. The first-order valence-electron chi connectivity index (χ1n) is 6.54. The molecule has 0 radical (unpaired) electrons. The highest BCUT2D eigenvalue weighted by Crippen LogP contribution is 2.49. The molecule has 5 heteroatoms. The Balaban J connectivity index is 1.85. The van der Waals surface area contributed by atoms with E-state index in [2.05, 4.69) is 21.2 Å². The highest BCUT2D eigenvalue weighted by Gasteiger charge is 2.51. The molecule has 1 N–H and O–H groups in total. The van der Waals surface area contributed by atoms with Crippen molar-refractivity contribution in [2.45, 2.75) is 18.3 Å². The Hall–Kier alpha value is -1.39. The number of halogens is 3. The van der Waals surface area contributed by atoms with Crippen molar-refractivity contribution in [1.82, 2.24) is 0 Å². The lowest BCUT2D eigenvalue weighted by Gasteiger charge is -2.16. The molecule has 21 heavy (non-hydrogen) atoms. The van der Waals surface area contributed by atoms with Crippen LogP contribution in [0.1, 0.15) is 18.4 Å². The van der Waals surface area contributed by atoms with Gasteiger partial charge in [-0.1, -0.05) is 45.7 Å². The number of anilines is 1. The van der Waals surface area contributed by atoms with Gasteiger partial charge < -0.3 is 5.32 Å². The van der Waals surface area contributed by atoms with E-state index in [9.17, 15) is 9.18 Å². The van der Waals surface area contributed by atoms with E-state index >= 15 is 0 Å². The van der Waals surface area contributed by atoms with E-state index in [1.54, 1.807) is 6.07 Å². The zero-order chi connectivity index (χ0) is 15.0. The van der Waals surface area contributed by atoms with Crippen molar-refractivity contribution >= 4 is 39.1 Å². The van der Waals surface area contributed by atoms with E-state index < -0.39 is 11.2 Å². The molecule has 0 aliphatic heterocycles. The second-order valence-electron chi connectivity index (χ2n) is 5.14. The normalized spacial score (nSPS) is 15.6. The Morgan fingerprint density at radius 1 is 1.19 bits per heavy atom. The molecular weight excluding hydrogens is 357 g/mol. The fourth-order valence-corrected chi connectivity index (χ4v) is 2.82. The zero-order valence-electron chi connectivity index (χ0n) is 11.0. The van der Waals surface area contributed by atoms with Crippen LogP contribution < -0.4 is 5.32 Å². The molecule has 0 atom stereocenters. The molecular formula is C16H12BrClFNO. The largest absolute Gasteiger partial charge is 0.323 e. The molecule has 2 nitrogen and oxygen atoms in total. The molecule has 1 fully saturated rings. The van der Waals surface area contributed by atoms with Crippen LogP contribution in [0.15, 0.2) is 46.9 Å². The standard InChI is InChI=1S/C16H12BrClFNO/c17-11-6-4-10(5-7-11)16(8-9-16)15(21)20-13-3-1-2-12(18)14(13)19/h1-7H,8-9H2,(H,20,21). The van der Waals surface area contributed by atoms with E-state index in [-0.39, 0.29) is 16.6 Å². The van der Waals surface area contributed by atoms with Crippen molar-refractivity contribution in [2.24, 2.45) is 0 Å². The molecule has 1 amide bonds. The van der Waals surface area contributed by atoms with E-state index in [4.69, 9.17) is 11.6 Å². The Labute approximate surface area is 135 Å². The zero-order valence-corrected chi connectivity index (χ0v) is 13.3. The van der Waals surface area contributed by atoms with Gasteiger partial charge in [0.15, 0.2) is 5.82 Å². The van der Waals surface area contributed by atoms with E-state index in [0.717, 1.165) is 22.9 Å². The third-order valence-corrected chi connectivity index (χ3v) is 4.60. The van der Waals surface area contributed by atoms with Crippen molar-refractivity contribution in [3.63, 3.8) is 0 Å². The number of carbonyl (C=O) groups excluding carboxylic acids is 1. The lowest BCUT2D eigenvalue weighted by Crippen LogP contribution is -2.28. The van der Waals surface area contributed by atoms with E-state index in [1.807, 2.05) is 24.3 Å². The minimum Gasteiger partial charge on any atom is -0.323 e. The molecule has 0 aromatic heterocycles. The second-order valence-corrected chi connectivity index (χ2v) is 6.47. The van der Waals surface area contributed by atoms with Crippen LogP contribution in [-0.2, 0) is 10.2 Å². The molecule has 0 bridgehead atoms. The molecule has 1 aliphatic rings. The van der Waals surface area contributed by atoms with Crippen molar-refractivity contribution in [1.29, 1.82) is 0 Å². The lowest BCUT2D eigenvalue weighted by atomic mass is 9.95. The van der Waals surface area contributed by atoms with Crippen LogP contribution in [0.2, 0.25) is 5.02 Å². The fourth-order valence-electron chi connectivity index (χ4n) is 2.38. The first kappa shape index (κ1) is 14.5. The third kappa shape index (κ3) is 2.70. The quantitative estimate of drug-likeness (QED) is 0.819. The minimum absolute atomic E-state index is 0.00119. The summed E-state index contributed by atoms with van der Waals surface area (Å²) in [4.78, 5) is 12.5. The van der Waals surface area contributed by atoms with Gasteiger partial charge in [0.05, 0.1) is 16.1 Å². The van der Waals surface area contributed by atoms with Crippen molar-refractivity contribution in [3.8, 4) is 0 Å². The summed E-state index contributed by atoms with van der Waals surface area (Å²) in [5, 5.41) is 2.66. The van der Waals surface area contributed by atoms with Crippen LogP contribution in [0.4, 0.5) is 10.1 Å². The molecule has 2 aromatic carbocycles. The monoisotopic (exact) mass is 367 g/mol. The fraction of sp³-hybridized carbons (Fsp3) is 0.188. The number of rotatable bonds is 3. The van der Waals surface area contributed by atoms with Gasteiger partial charge in [0.2, 0.25) is 5.91 Å². The second kappa shape index (κ2) is 5.43. The molecule has 108 valence electrons. The van der Waals surface area contributed by atoms with Crippen molar-refractivity contribution in [3.05, 3.63) is 63.3 Å². The lowest BCUT2D eigenvalue weighted by molar-refractivity contribution is -0.118. The van der Waals surface area contributed by atoms with Gasteiger partial charge in [-0.25, -0.2) is 4.39 Å². The molecule has 1 saturated carbocycles. The Bertz CT molecular complexity index is 698. The molecule has 3 rings (SSSR count). The van der Waals surface area contributed by atoms with Crippen LogP contribution in [0, 0.1) is 5.82 Å². The summed E-state index contributed by atoms with van der Waals surface area (Å²) in [6, 6.07) is 12.2. The summed E-state index contributed by atoms with van der Waals surface area (Å²) in [6.07, 6.45) is 1.53. The van der Waals surface area contributed by atoms with E-state index in [0.29, 0.717) is 0 Å². The van der Waals surface area contributed by atoms with Crippen molar-refractivity contribution in [2.75, 3.05) is 5.32 Å². The van der Waals surface area contributed by atoms with Crippen molar-refractivity contribution < 1.29 is 9.18 Å². The van der Waals surface area contributed by atoms with Crippen LogP contribution in [-0.4, -0.2) is 5.91 Å². The molecule has 0 unspecified atom stereocenters. The maximum Gasteiger partial charge on any atom is 0.235 e. The average Bonchev–Trinajstić information content (AvgIpc) is 3.26. The van der Waals surface area contributed by atoms with Gasteiger partial charge in [-0.2, -0.15) is 0 Å².